The predicted octanol–water partition coefficient (Wildman–Crippen LogP) is 4.66. The fraction of sp³-hybridized carbons (Fsp3) is 0.407. The number of ether oxygens (including phenoxy) is 1. The summed E-state index contributed by atoms with van der Waals surface area (Å²) < 4.78 is 6.63. The van der Waals surface area contributed by atoms with Gasteiger partial charge in [-0.2, -0.15) is 0 Å². The number of hydrogen-bond donors (Lipinski definition) is 2. The van der Waals surface area contributed by atoms with Crippen LogP contribution in [0.3, 0.4) is 0 Å². The molecule has 1 saturated carbocycles. The molecule has 1 fully saturated rings. The number of H-pyrrole nitrogens is 1. The van der Waals surface area contributed by atoms with Crippen molar-refractivity contribution in [3.05, 3.63) is 72.3 Å². The van der Waals surface area contributed by atoms with Crippen molar-refractivity contribution in [2.24, 2.45) is 0 Å². The Morgan fingerprint density at radius 3 is 2.57 bits per heavy atom. The normalized spacial score (nSPS) is 13.7. The fourth-order valence-corrected chi connectivity index (χ4v) is 5.29. The third kappa shape index (κ3) is 6.25. The number of aryl methyl sites for hydroxylation is 1. The number of hydrogen-bond acceptors (Lipinski definition) is 5. The lowest BCUT2D eigenvalue weighted by Crippen LogP contribution is -2.33. The van der Waals surface area contributed by atoms with Gasteiger partial charge in [-0.1, -0.05) is 36.0 Å². The van der Waals surface area contributed by atoms with E-state index in [1.54, 1.807) is 24.3 Å². The largest absolute Gasteiger partial charge is 0.492 e. The molecule has 0 unspecified atom stereocenters. The SMILES string of the molecule is CCOc1ccc(C(=O)Cn2c(=O)[nH]c(=O)c3c(CCCC(=O)NC4CCCC4)c(Cl)ccc32)cc1Cl. The lowest BCUT2D eigenvalue weighted by Gasteiger charge is -2.14. The Morgan fingerprint density at radius 1 is 1.11 bits per heavy atom. The van der Waals surface area contributed by atoms with Gasteiger partial charge in [-0.15, -0.1) is 0 Å². The van der Waals surface area contributed by atoms with Gasteiger partial charge in [0.05, 0.1) is 29.1 Å². The zero-order valence-corrected chi connectivity index (χ0v) is 22.1. The Labute approximate surface area is 223 Å². The van der Waals surface area contributed by atoms with Crippen LogP contribution in [0.4, 0.5) is 0 Å². The van der Waals surface area contributed by atoms with Crippen LogP contribution in [0.2, 0.25) is 10.0 Å². The molecule has 0 radical (unpaired) electrons. The van der Waals surface area contributed by atoms with Crippen molar-refractivity contribution < 1.29 is 14.3 Å². The molecule has 37 heavy (non-hydrogen) atoms. The molecule has 10 heteroatoms. The van der Waals surface area contributed by atoms with E-state index in [4.69, 9.17) is 27.9 Å². The first-order valence-corrected chi connectivity index (χ1v) is 13.2. The van der Waals surface area contributed by atoms with Crippen LogP contribution in [-0.2, 0) is 17.8 Å². The Bertz CT molecular complexity index is 1440. The second kappa shape index (κ2) is 12.0. The number of Topliss-reactive ketones (excluding diaryl/α,β-unsaturated/α-hetero) is 1. The Kier molecular flexibility index (Phi) is 8.71. The van der Waals surface area contributed by atoms with E-state index in [0.717, 1.165) is 25.7 Å². The number of rotatable bonds is 10. The Morgan fingerprint density at radius 2 is 1.86 bits per heavy atom. The van der Waals surface area contributed by atoms with Gasteiger partial charge in [0.1, 0.15) is 5.75 Å². The van der Waals surface area contributed by atoms with Gasteiger partial charge in [-0.25, -0.2) is 4.79 Å². The molecule has 0 aliphatic heterocycles. The standard InChI is InChI=1S/C27H29Cl2N3O5/c1-2-37-23-13-10-16(14-20(23)29)22(33)15-32-21-12-11-19(28)18(25(21)26(35)31-27(32)36)8-5-9-24(34)30-17-6-3-4-7-17/h10-14,17H,2-9,15H2,1H3,(H,30,34)(H,31,35,36). The molecule has 1 amide bonds. The number of benzene rings is 2. The van der Waals surface area contributed by atoms with E-state index in [-0.39, 0.29) is 34.7 Å². The van der Waals surface area contributed by atoms with Gasteiger partial charge in [0.15, 0.2) is 5.78 Å². The number of amides is 1. The van der Waals surface area contributed by atoms with Gasteiger partial charge in [0.2, 0.25) is 5.91 Å². The molecule has 8 nitrogen and oxygen atoms in total. The second-order valence-corrected chi connectivity index (χ2v) is 9.98. The topological polar surface area (TPSA) is 110 Å². The van der Waals surface area contributed by atoms with Gasteiger partial charge in [0.25, 0.3) is 5.56 Å². The summed E-state index contributed by atoms with van der Waals surface area (Å²) in [7, 11) is 0. The lowest BCUT2D eigenvalue weighted by molar-refractivity contribution is -0.121. The van der Waals surface area contributed by atoms with Crippen molar-refractivity contribution in [1.82, 2.24) is 14.9 Å². The Hall–Kier alpha value is -3.10. The number of nitrogens with one attached hydrogen (secondary N) is 2. The number of carbonyl (C=O) groups excluding carboxylic acids is 2. The van der Waals surface area contributed by atoms with Crippen LogP contribution >= 0.6 is 23.2 Å². The van der Waals surface area contributed by atoms with Gasteiger partial charge < -0.3 is 10.1 Å². The average molecular weight is 546 g/mol. The highest BCUT2D eigenvalue weighted by Gasteiger charge is 2.19. The number of aromatic nitrogens is 2. The zero-order chi connectivity index (χ0) is 26.5. The number of carbonyl (C=O) groups is 2. The van der Waals surface area contributed by atoms with E-state index in [2.05, 4.69) is 10.3 Å². The van der Waals surface area contributed by atoms with Crippen molar-refractivity contribution in [2.45, 2.75) is 64.5 Å². The molecule has 1 aliphatic rings. The minimum Gasteiger partial charge on any atom is -0.492 e. The second-order valence-electron chi connectivity index (χ2n) is 9.17. The maximum atomic E-state index is 13.0. The van der Waals surface area contributed by atoms with E-state index in [0.29, 0.717) is 53.3 Å². The third-order valence-electron chi connectivity index (χ3n) is 6.62. The maximum Gasteiger partial charge on any atom is 0.329 e. The molecule has 3 aromatic rings. The van der Waals surface area contributed by atoms with Crippen molar-refractivity contribution in [3.8, 4) is 5.75 Å². The summed E-state index contributed by atoms with van der Waals surface area (Å²) in [5, 5.41) is 3.95. The fourth-order valence-electron chi connectivity index (χ4n) is 4.80. The minimum atomic E-state index is -0.702. The molecule has 0 spiro atoms. The molecule has 1 aliphatic carbocycles. The van der Waals surface area contributed by atoms with Gasteiger partial charge in [-0.05, 0) is 68.5 Å². The number of halogens is 2. The zero-order valence-electron chi connectivity index (χ0n) is 20.6. The van der Waals surface area contributed by atoms with Crippen LogP contribution in [0.5, 0.6) is 5.75 Å². The molecular formula is C27H29Cl2N3O5. The molecule has 2 aromatic carbocycles. The molecule has 1 heterocycles. The maximum absolute atomic E-state index is 13.0. The molecule has 1 aromatic heterocycles. The summed E-state index contributed by atoms with van der Waals surface area (Å²) in [4.78, 5) is 53.2. The third-order valence-corrected chi connectivity index (χ3v) is 7.27. The van der Waals surface area contributed by atoms with E-state index >= 15 is 0 Å². The Balaban J connectivity index is 1.57. The van der Waals surface area contributed by atoms with Gasteiger partial charge in [-0.3, -0.25) is 23.9 Å². The molecular weight excluding hydrogens is 517 g/mol. The number of aromatic amines is 1. The smallest absolute Gasteiger partial charge is 0.329 e. The van der Waals surface area contributed by atoms with Crippen LogP contribution in [-0.4, -0.2) is 33.9 Å². The van der Waals surface area contributed by atoms with E-state index < -0.39 is 11.2 Å². The van der Waals surface area contributed by atoms with E-state index in [9.17, 15) is 19.2 Å². The first kappa shape index (κ1) is 26.9. The van der Waals surface area contributed by atoms with Gasteiger partial charge >= 0.3 is 5.69 Å². The summed E-state index contributed by atoms with van der Waals surface area (Å²) in [5.41, 5.74) is -0.136. The highest BCUT2D eigenvalue weighted by molar-refractivity contribution is 6.32. The van der Waals surface area contributed by atoms with Crippen LogP contribution in [0, 0.1) is 0 Å². The van der Waals surface area contributed by atoms with Crippen molar-refractivity contribution in [1.29, 1.82) is 0 Å². The summed E-state index contributed by atoms with van der Waals surface area (Å²) in [6, 6.07) is 8.08. The predicted molar refractivity (Wildman–Crippen MR) is 144 cm³/mol. The van der Waals surface area contributed by atoms with Crippen molar-refractivity contribution >= 4 is 45.8 Å². The number of nitrogens with zero attached hydrogens (tertiary/aromatic N) is 1. The van der Waals surface area contributed by atoms with Crippen molar-refractivity contribution in [2.75, 3.05) is 6.61 Å². The van der Waals surface area contributed by atoms with Crippen LogP contribution in [0.15, 0.2) is 39.9 Å². The summed E-state index contributed by atoms with van der Waals surface area (Å²) in [6.07, 6.45) is 5.45. The quantitative estimate of drug-likeness (QED) is 0.360. The molecule has 2 N–H and O–H groups in total. The van der Waals surface area contributed by atoms with Crippen LogP contribution < -0.4 is 21.3 Å². The first-order valence-electron chi connectivity index (χ1n) is 12.5. The number of ketones is 1. The van der Waals surface area contributed by atoms with Crippen LogP contribution in [0.25, 0.3) is 10.9 Å². The van der Waals surface area contributed by atoms with E-state index in [1.165, 1.54) is 10.6 Å². The van der Waals surface area contributed by atoms with E-state index in [1.807, 2.05) is 6.92 Å². The number of fused-ring (bicyclic) bond motifs is 1. The molecule has 0 atom stereocenters. The first-order chi connectivity index (χ1) is 17.8. The molecule has 196 valence electrons. The molecule has 0 saturated heterocycles. The summed E-state index contributed by atoms with van der Waals surface area (Å²) in [5.74, 6) is 0.0813. The van der Waals surface area contributed by atoms with Crippen LogP contribution in [0.1, 0.15) is 61.4 Å². The molecule has 0 bridgehead atoms. The average Bonchev–Trinajstić information content (AvgIpc) is 3.37. The van der Waals surface area contributed by atoms with Crippen molar-refractivity contribution in [3.63, 3.8) is 0 Å². The van der Waals surface area contributed by atoms with Gasteiger partial charge in [0, 0.05) is 23.0 Å². The molecule has 4 rings (SSSR count). The lowest BCUT2D eigenvalue weighted by atomic mass is 10.0. The highest BCUT2D eigenvalue weighted by atomic mass is 35.5. The summed E-state index contributed by atoms with van der Waals surface area (Å²) in [6.45, 7) is 1.96. The summed E-state index contributed by atoms with van der Waals surface area (Å²) >= 11 is 12.7. The minimum absolute atomic E-state index is 0.0197. The monoisotopic (exact) mass is 545 g/mol. The highest BCUT2D eigenvalue weighted by Crippen LogP contribution is 2.27.